The Morgan fingerprint density at radius 3 is 2.42 bits per heavy atom. The molecule has 0 spiro atoms. The lowest BCUT2D eigenvalue weighted by Gasteiger charge is -2.37. The van der Waals surface area contributed by atoms with Crippen molar-refractivity contribution in [3.05, 3.63) is 45.8 Å². The molecule has 1 amide bonds. The van der Waals surface area contributed by atoms with Crippen LogP contribution in [0.4, 0.5) is 5.69 Å². The molecule has 1 aromatic carbocycles. The van der Waals surface area contributed by atoms with Crippen molar-refractivity contribution < 1.29 is 9.32 Å². The Labute approximate surface area is 163 Å². The number of hydrogen-bond acceptors (Lipinski definition) is 5. The van der Waals surface area contributed by atoms with Crippen LogP contribution in [0.5, 0.6) is 0 Å². The van der Waals surface area contributed by atoms with Gasteiger partial charge in [0.25, 0.3) is 0 Å². The summed E-state index contributed by atoms with van der Waals surface area (Å²) in [4.78, 5) is 17.0. The highest BCUT2D eigenvalue weighted by molar-refractivity contribution is 6.35. The number of carbonyl (C=O) groups excluding carboxylic acids is 1. The summed E-state index contributed by atoms with van der Waals surface area (Å²) in [5.74, 6) is 0.758. The van der Waals surface area contributed by atoms with Crippen LogP contribution >= 0.6 is 23.2 Å². The fourth-order valence-corrected chi connectivity index (χ4v) is 3.59. The first-order valence-electron chi connectivity index (χ1n) is 8.56. The van der Waals surface area contributed by atoms with Gasteiger partial charge in [0.15, 0.2) is 0 Å². The predicted molar refractivity (Wildman–Crippen MR) is 103 cm³/mol. The first kappa shape index (κ1) is 19.2. The van der Waals surface area contributed by atoms with Crippen molar-refractivity contribution in [1.82, 2.24) is 15.0 Å². The molecule has 1 aliphatic rings. The molecule has 2 heterocycles. The Morgan fingerprint density at radius 1 is 1.19 bits per heavy atom. The monoisotopic (exact) mass is 396 g/mol. The molecular formula is C18H22Cl2N4O2. The van der Waals surface area contributed by atoms with Gasteiger partial charge < -0.3 is 9.84 Å². The van der Waals surface area contributed by atoms with Crippen molar-refractivity contribution >= 4 is 34.8 Å². The van der Waals surface area contributed by atoms with Crippen LogP contribution in [0.15, 0.2) is 28.8 Å². The first-order valence-corrected chi connectivity index (χ1v) is 9.32. The number of nitrogens with one attached hydrogen (secondary N) is 1. The van der Waals surface area contributed by atoms with Crippen molar-refractivity contribution in [1.29, 1.82) is 0 Å². The van der Waals surface area contributed by atoms with Gasteiger partial charge in [-0.25, -0.2) is 0 Å². The largest absolute Gasteiger partial charge is 0.361 e. The van der Waals surface area contributed by atoms with E-state index in [4.69, 9.17) is 27.7 Å². The van der Waals surface area contributed by atoms with E-state index in [1.165, 1.54) is 0 Å². The van der Waals surface area contributed by atoms with E-state index >= 15 is 0 Å². The summed E-state index contributed by atoms with van der Waals surface area (Å²) in [5, 5.41) is 7.92. The van der Waals surface area contributed by atoms with E-state index in [-0.39, 0.29) is 11.9 Å². The number of hydrogen-bond donors (Lipinski definition) is 1. The van der Waals surface area contributed by atoms with Crippen molar-refractivity contribution in [3.63, 3.8) is 0 Å². The van der Waals surface area contributed by atoms with E-state index in [1.807, 2.05) is 19.9 Å². The number of anilines is 1. The zero-order chi connectivity index (χ0) is 18.7. The first-order chi connectivity index (χ1) is 12.4. The molecule has 0 unspecified atom stereocenters. The minimum absolute atomic E-state index is 0.0658. The number of nitrogens with zero attached hydrogens (tertiary/aromatic N) is 3. The second-order valence-electron chi connectivity index (χ2n) is 6.56. The second kappa shape index (κ2) is 8.39. The number of benzene rings is 1. The minimum atomic E-state index is -0.232. The molecule has 1 atom stereocenters. The zero-order valence-corrected chi connectivity index (χ0v) is 16.3. The maximum absolute atomic E-state index is 12.5. The highest BCUT2D eigenvalue weighted by Gasteiger charge is 2.26. The van der Waals surface area contributed by atoms with Gasteiger partial charge in [-0.1, -0.05) is 28.4 Å². The van der Waals surface area contributed by atoms with Crippen LogP contribution in [0.2, 0.25) is 10.0 Å². The van der Waals surface area contributed by atoms with Gasteiger partial charge in [0.1, 0.15) is 5.76 Å². The fraction of sp³-hybridized carbons (Fsp3) is 0.444. The Balaban J connectivity index is 1.51. The minimum Gasteiger partial charge on any atom is -0.361 e. The van der Waals surface area contributed by atoms with Gasteiger partial charge in [-0.3, -0.25) is 14.6 Å². The highest BCUT2D eigenvalue weighted by Crippen LogP contribution is 2.23. The van der Waals surface area contributed by atoms with Crippen LogP contribution in [0.25, 0.3) is 0 Å². The van der Waals surface area contributed by atoms with Crippen LogP contribution in [-0.2, 0) is 11.3 Å². The van der Waals surface area contributed by atoms with Crippen LogP contribution in [0, 0.1) is 6.92 Å². The molecule has 1 aromatic heterocycles. The number of carbonyl (C=O) groups is 1. The zero-order valence-electron chi connectivity index (χ0n) is 14.8. The third-order valence-corrected chi connectivity index (χ3v) is 4.96. The Morgan fingerprint density at radius 2 is 1.85 bits per heavy atom. The lowest BCUT2D eigenvalue weighted by Crippen LogP contribution is -2.52. The Hall–Kier alpha value is -1.60. The van der Waals surface area contributed by atoms with E-state index < -0.39 is 0 Å². The maximum atomic E-state index is 12.5. The molecule has 0 aliphatic carbocycles. The van der Waals surface area contributed by atoms with E-state index in [2.05, 4.69) is 20.3 Å². The third-order valence-electron chi connectivity index (χ3n) is 4.53. The molecule has 1 aliphatic heterocycles. The average molecular weight is 397 g/mol. The summed E-state index contributed by atoms with van der Waals surface area (Å²) in [5.41, 5.74) is 1.55. The van der Waals surface area contributed by atoms with Gasteiger partial charge in [0.2, 0.25) is 5.91 Å². The summed E-state index contributed by atoms with van der Waals surface area (Å²) in [6.07, 6.45) is 0. The molecular weight excluding hydrogens is 375 g/mol. The summed E-state index contributed by atoms with van der Waals surface area (Å²) in [6, 6.07) is 6.74. The number of rotatable bonds is 5. The number of amides is 1. The van der Waals surface area contributed by atoms with Gasteiger partial charge in [0, 0.05) is 54.5 Å². The van der Waals surface area contributed by atoms with Crippen LogP contribution < -0.4 is 5.32 Å². The van der Waals surface area contributed by atoms with Crippen LogP contribution in [-0.4, -0.2) is 53.1 Å². The van der Waals surface area contributed by atoms with Crippen molar-refractivity contribution in [3.8, 4) is 0 Å². The third kappa shape index (κ3) is 4.98. The summed E-state index contributed by atoms with van der Waals surface area (Å²) in [6.45, 7) is 7.98. The van der Waals surface area contributed by atoms with E-state index in [0.717, 1.165) is 44.2 Å². The molecule has 26 heavy (non-hydrogen) atoms. The molecule has 1 N–H and O–H groups in total. The van der Waals surface area contributed by atoms with Gasteiger partial charge in [-0.15, -0.1) is 0 Å². The smallest absolute Gasteiger partial charge is 0.241 e. The summed E-state index contributed by atoms with van der Waals surface area (Å²) < 4.78 is 5.11. The van der Waals surface area contributed by atoms with Crippen molar-refractivity contribution in [2.75, 3.05) is 31.5 Å². The predicted octanol–water partition coefficient (Wildman–Crippen LogP) is 3.43. The van der Waals surface area contributed by atoms with E-state index in [0.29, 0.717) is 15.7 Å². The van der Waals surface area contributed by atoms with Gasteiger partial charge >= 0.3 is 0 Å². The highest BCUT2D eigenvalue weighted by atomic mass is 35.5. The number of aryl methyl sites for hydroxylation is 1. The summed E-state index contributed by atoms with van der Waals surface area (Å²) in [7, 11) is 0. The molecule has 6 nitrogen and oxygen atoms in total. The summed E-state index contributed by atoms with van der Waals surface area (Å²) >= 11 is 12.0. The molecule has 0 radical (unpaired) electrons. The molecule has 2 aromatic rings. The molecule has 1 fully saturated rings. The van der Waals surface area contributed by atoms with Gasteiger partial charge in [0.05, 0.1) is 11.7 Å². The van der Waals surface area contributed by atoms with E-state index in [9.17, 15) is 4.79 Å². The Bertz CT molecular complexity index is 752. The van der Waals surface area contributed by atoms with Crippen molar-refractivity contribution in [2.45, 2.75) is 26.4 Å². The number of aromatic nitrogens is 1. The Kier molecular flexibility index (Phi) is 6.19. The van der Waals surface area contributed by atoms with Crippen molar-refractivity contribution in [2.24, 2.45) is 0 Å². The second-order valence-corrected chi connectivity index (χ2v) is 7.44. The van der Waals surface area contributed by atoms with Gasteiger partial charge in [-0.05, 0) is 32.0 Å². The van der Waals surface area contributed by atoms with Gasteiger partial charge in [-0.2, -0.15) is 0 Å². The maximum Gasteiger partial charge on any atom is 0.241 e. The molecule has 8 heteroatoms. The average Bonchev–Trinajstić information content (AvgIpc) is 2.99. The van der Waals surface area contributed by atoms with Crippen LogP contribution in [0.3, 0.4) is 0 Å². The fourth-order valence-electron chi connectivity index (χ4n) is 3.07. The lowest BCUT2D eigenvalue weighted by atomic mass is 10.2. The number of halogens is 2. The SMILES string of the molecule is Cc1cc(CN2CCN([C@H](C)C(=O)Nc3cc(Cl)cc(Cl)c3)CC2)no1. The molecule has 1 saturated heterocycles. The van der Waals surface area contributed by atoms with Crippen LogP contribution in [0.1, 0.15) is 18.4 Å². The topological polar surface area (TPSA) is 61.6 Å². The standard InChI is InChI=1S/C18H22Cl2N4O2/c1-12-7-17(22-26-12)11-23-3-5-24(6-4-23)13(2)18(25)21-16-9-14(19)8-15(20)10-16/h7-10,13H,3-6,11H2,1-2H3,(H,21,25)/t13-/m1/s1. The van der Waals surface area contributed by atoms with E-state index in [1.54, 1.807) is 18.2 Å². The molecule has 3 rings (SSSR count). The quantitative estimate of drug-likeness (QED) is 0.838. The number of piperazine rings is 1. The normalized spacial score (nSPS) is 17.2. The molecule has 0 bridgehead atoms. The molecule has 140 valence electrons. The lowest BCUT2D eigenvalue weighted by molar-refractivity contribution is -0.121. The molecule has 0 saturated carbocycles.